The van der Waals surface area contributed by atoms with Crippen LogP contribution in [-0.2, 0) is 0 Å². The summed E-state index contributed by atoms with van der Waals surface area (Å²) >= 11 is 0. The summed E-state index contributed by atoms with van der Waals surface area (Å²) in [5.41, 5.74) is 0.635. The van der Waals surface area contributed by atoms with E-state index in [9.17, 15) is 4.39 Å². The fraction of sp³-hybridized carbons (Fsp3) is 0.692. The fourth-order valence-electron chi connectivity index (χ4n) is 2.95. The van der Waals surface area contributed by atoms with Gasteiger partial charge in [0.15, 0.2) is 11.6 Å². The Balaban J connectivity index is 1.87. The van der Waals surface area contributed by atoms with Gasteiger partial charge in [0.25, 0.3) is 0 Å². The smallest absolute Gasteiger partial charge is 0.187 e. The Morgan fingerprint density at radius 3 is 2.61 bits per heavy atom. The van der Waals surface area contributed by atoms with Gasteiger partial charge in [0.2, 0.25) is 0 Å². The Bertz CT molecular complexity index is 411. The van der Waals surface area contributed by atoms with Crippen LogP contribution in [0, 0.1) is 5.82 Å². The molecule has 1 aromatic heterocycles. The lowest BCUT2D eigenvalue weighted by Crippen LogP contribution is -2.44. The normalized spacial score (nSPS) is 21.5. The van der Waals surface area contributed by atoms with Crippen LogP contribution >= 0.6 is 0 Å². The van der Waals surface area contributed by atoms with E-state index in [-0.39, 0.29) is 5.82 Å². The van der Waals surface area contributed by atoms with E-state index < -0.39 is 0 Å². The number of anilines is 1. The molecule has 18 heavy (non-hydrogen) atoms. The van der Waals surface area contributed by atoms with Gasteiger partial charge in [-0.25, -0.2) is 14.4 Å². The maximum Gasteiger partial charge on any atom is 0.187 e. The summed E-state index contributed by atoms with van der Waals surface area (Å²) < 4.78 is 14.5. The van der Waals surface area contributed by atoms with E-state index in [1.54, 1.807) is 0 Å². The Kier molecular flexibility index (Phi) is 3.41. The van der Waals surface area contributed by atoms with Crippen molar-refractivity contribution in [3.05, 3.63) is 17.8 Å². The van der Waals surface area contributed by atoms with Crippen molar-refractivity contribution in [1.82, 2.24) is 15.3 Å². The molecule has 0 radical (unpaired) electrons. The van der Waals surface area contributed by atoms with Crippen LogP contribution in [0.15, 0.2) is 6.33 Å². The SMILES string of the molecule is Fc1c(C2CCCC2)ncnc1N1CCNCC1. The van der Waals surface area contributed by atoms with Crippen LogP contribution in [0.1, 0.15) is 37.3 Å². The second-order valence-corrected chi connectivity index (χ2v) is 5.11. The standard InChI is InChI=1S/C13H19FN4/c14-11-12(10-3-1-2-4-10)16-9-17-13(11)18-7-5-15-6-8-18/h9-10,15H,1-8H2. The van der Waals surface area contributed by atoms with Gasteiger partial charge in [-0.1, -0.05) is 12.8 Å². The average molecular weight is 250 g/mol. The highest BCUT2D eigenvalue weighted by molar-refractivity contribution is 5.42. The van der Waals surface area contributed by atoms with Crippen LogP contribution in [0.25, 0.3) is 0 Å². The zero-order valence-corrected chi connectivity index (χ0v) is 10.5. The maximum atomic E-state index is 14.5. The third-order valence-electron chi connectivity index (χ3n) is 3.96. The van der Waals surface area contributed by atoms with Gasteiger partial charge in [0.05, 0.1) is 5.69 Å². The van der Waals surface area contributed by atoms with E-state index in [4.69, 9.17) is 0 Å². The highest BCUT2D eigenvalue weighted by Gasteiger charge is 2.26. The van der Waals surface area contributed by atoms with E-state index in [1.165, 1.54) is 19.2 Å². The average Bonchev–Trinajstić information content (AvgIpc) is 2.94. The van der Waals surface area contributed by atoms with Crippen molar-refractivity contribution < 1.29 is 4.39 Å². The first-order valence-corrected chi connectivity index (χ1v) is 6.82. The maximum absolute atomic E-state index is 14.5. The van der Waals surface area contributed by atoms with Crippen molar-refractivity contribution in [3.8, 4) is 0 Å². The number of nitrogens with one attached hydrogen (secondary N) is 1. The second-order valence-electron chi connectivity index (χ2n) is 5.11. The fourth-order valence-corrected chi connectivity index (χ4v) is 2.95. The second kappa shape index (κ2) is 5.18. The van der Waals surface area contributed by atoms with Crippen LogP contribution in [0.3, 0.4) is 0 Å². The third-order valence-corrected chi connectivity index (χ3v) is 3.96. The highest BCUT2D eigenvalue weighted by Crippen LogP contribution is 2.35. The molecular formula is C13H19FN4. The molecule has 0 atom stereocenters. The lowest BCUT2D eigenvalue weighted by atomic mass is 10.0. The van der Waals surface area contributed by atoms with Crippen molar-refractivity contribution in [2.24, 2.45) is 0 Å². The van der Waals surface area contributed by atoms with Crippen LogP contribution < -0.4 is 10.2 Å². The molecule has 4 nitrogen and oxygen atoms in total. The molecule has 0 amide bonds. The molecule has 0 spiro atoms. The van der Waals surface area contributed by atoms with Crippen LogP contribution in [0.2, 0.25) is 0 Å². The lowest BCUT2D eigenvalue weighted by Gasteiger charge is -2.29. The van der Waals surface area contributed by atoms with Gasteiger partial charge in [0.1, 0.15) is 6.33 Å². The summed E-state index contributed by atoms with van der Waals surface area (Å²) in [6, 6.07) is 0. The largest absolute Gasteiger partial charge is 0.352 e. The predicted octanol–water partition coefficient (Wildman–Crippen LogP) is 1.68. The summed E-state index contributed by atoms with van der Waals surface area (Å²) in [7, 11) is 0. The van der Waals surface area contributed by atoms with Gasteiger partial charge in [-0.3, -0.25) is 0 Å². The molecule has 1 aliphatic heterocycles. The topological polar surface area (TPSA) is 41.1 Å². The first-order chi connectivity index (χ1) is 8.86. The molecule has 1 aliphatic carbocycles. The summed E-state index contributed by atoms with van der Waals surface area (Å²) in [6.07, 6.45) is 6.03. The van der Waals surface area contributed by atoms with Crippen molar-refractivity contribution in [2.75, 3.05) is 31.1 Å². The van der Waals surface area contributed by atoms with Gasteiger partial charge in [0, 0.05) is 32.1 Å². The van der Waals surface area contributed by atoms with Gasteiger partial charge in [-0.05, 0) is 12.8 Å². The number of halogens is 1. The number of aromatic nitrogens is 2. The molecule has 1 saturated carbocycles. The molecule has 1 saturated heterocycles. The van der Waals surface area contributed by atoms with Gasteiger partial charge < -0.3 is 10.2 Å². The molecule has 0 aromatic carbocycles. The van der Waals surface area contributed by atoms with Crippen molar-refractivity contribution in [3.63, 3.8) is 0 Å². The minimum Gasteiger partial charge on any atom is -0.352 e. The minimum absolute atomic E-state index is 0.189. The van der Waals surface area contributed by atoms with Gasteiger partial charge in [-0.15, -0.1) is 0 Å². The molecule has 3 rings (SSSR count). The van der Waals surface area contributed by atoms with Crippen molar-refractivity contribution in [2.45, 2.75) is 31.6 Å². The van der Waals surface area contributed by atoms with Gasteiger partial charge >= 0.3 is 0 Å². The Hall–Kier alpha value is -1.23. The number of rotatable bonds is 2. The lowest BCUT2D eigenvalue weighted by molar-refractivity contribution is 0.531. The number of hydrogen-bond acceptors (Lipinski definition) is 4. The van der Waals surface area contributed by atoms with E-state index >= 15 is 0 Å². The molecule has 0 bridgehead atoms. The first kappa shape index (κ1) is 11.8. The van der Waals surface area contributed by atoms with Gasteiger partial charge in [-0.2, -0.15) is 0 Å². The molecule has 2 heterocycles. The number of piperazine rings is 1. The molecular weight excluding hydrogens is 231 g/mol. The van der Waals surface area contributed by atoms with Crippen molar-refractivity contribution in [1.29, 1.82) is 0 Å². The molecule has 2 fully saturated rings. The third kappa shape index (κ3) is 2.19. The van der Waals surface area contributed by atoms with E-state index in [0.717, 1.165) is 39.0 Å². The zero-order valence-electron chi connectivity index (χ0n) is 10.5. The van der Waals surface area contributed by atoms with Crippen LogP contribution in [0.5, 0.6) is 0 Å². The van der Waals surface area contributed by atoms with Crippen molar-refractivity contribution >= 4 is 5.82 Å². The molecule has 1 aromatic rings. The summed E-state index contributed by atoms with van der Waals surface area (Å²) in [4.78, 5) is 10.4. The zero-order chi connectivity index (χ0) is 12.4. The molecule has 98 valence electrons. The Morgan fingerprint density at radius 1 is 1.17 bits per heavy atom. The van der Waals surface area contributed by atoms with E-state index in [1.807, 2.05) is 4.90 Å². The number of nitrogens with zero attached hydrogens (tertiary/aromatic N) is 3. The highest BCUT2D eigenvalue weighted by atomic mass is 19.1. The molecule has 2 aliphatic rings. The Morgan fingerprint density at radius 2 is 1.89 bits per heavy atom. The van der Waals surface area contributed by atoms with E-state index in [2.05, 4.69) is 15.3 Å². The van der Waals surface area contributed by atoms with Crippen LogP contribution in [-0.4, -0.2) is 36.1 Å². The predicted molar refractivity (Wildman–Crippen MR) is 68.3 cm³/mol. The summed E-state index contributed by atoms with van der Waals surface area (Å²) in [5.74, 6) is 0.606. The minimum atomic E-state index is -0.189. The first-order valence-electron chi connectivity index (χ1n) is 6.82. The molecule has 5 heteroatoms. The quantitative estimate of drug-likeness (QED) is 0.867. The molecule has 1 N–H and O–H groups in total. The Labute approximate surface area is 107 Å². The van der Waals surface area contributed by atoms with Crippen LogP contribution in [0.4, 0.5) is 10.2 Å². The molecule has 0 unspecified atom stereocenters. The monoisotopic (exact) mass is 250 g/mol. The summed E-state index contributed by atoms with van der Waals surface area (Å²) in [5, 5.41) is 3.27. The number of hydrogen-bond donors (Lipinski definition) is 1. The van der Waals surface area contributed by atoms with E-state index in [0.29, 0.717) is 17.4 Å². The summed E-state index contributed by atoms with van der Waals surface area (Å²) in [6.45, 7) is 3.42.